The number of nitrogens with zero attached hydrogens (tertiary/aromatic N) is 2. The standard InChI is InChI=1S/C14H12N2O2S2/c1-9-4-7-19-12(9)13-15-5-6-16(13)8-10-2-3-11(20-10)14(17)18/h2-7H,8H2,1H3,(H,17,18). The van der Waals surface area contributed by atoms with Crippen LogP contribution < -0.4 is 0 Å². The fourth-order valence-corrected chi connectivity index (χ4v) is 3.78. The summed E-state index contributed by atoms with van der Waals surface area (Å²) < 4.78 is 2.05. The maximum atomic E-state index is 10.9. The Labute approximate surface area is 124 Å². The first kappa shape index (κ1) is 13.1. The number of carboxylic acid groups (broad SMARTS) is 1. The van der Waals surface area contributed by atoms with Crippen LogP contribution in [0, 0.1) is 6.92 Å². The van der Waals surface area contributed by atoms with E-state index >= 15 is 0 Å². The second kappa shape index (κ2) is 5.22. The van der Waals surface area contributed by atoms with Gasteiger partial charge in [0.05, 0.1) is 11.4 Å². The van der Waals surface area contributed by atoms with Crippen LogP contribution in [0.15, 0.2) is 36.0 Å². The molecule has 6 heteroatoms. The van der Waals surface area contributed by atoms with Gasteiger partial charge in [0.15, 0.2) is 5.82 Å². The molecule has 3 aromatic rings. The zero-order valence-electron chi connectivity index (χ0n) is 10.7. The van der Waals surface area contributed by atoms with Gasteiger partial charge in [-0.2, -0.15) is 0 Å². The Balaban J connectivity index is 1.90. The number of carbonyl (C=O) groups is 1. The first-order valence-electron chi connectivity index (χ1n) is 6.03. The number of aromatic carboxylic acids is 1. The summed E-state index contributed by atoms with van der Waals surface area (Å²) in [6.45, 7) is 2.71. The van der Waals surface area contributed by atoms with Crippen molar-refractivity contribution >= 4 is 28.6 Å². The highest BCUT2D eigenvalue weighted by atomic mass is 32.1. The third kappa shape index (κ3) is 2.39. The topological polar surface area (TPSA) is 55.1 Å². The minimum Gasteiger partial charge on any atom is -0.477 e. The molecule has 1 N–H and O–H groups in total. The van der Waals surface area contributed by atoms with Crippen LogP contribution in [0.1, 0.15) is 20.1 Å². The Kier molecular flexibility index (Phi) is 3.42. The van der Waals surface area contributed by atoms with Crippen molar-refractivity contribution in [1.82, 2.24) is 9.55 Å². The van der Waals surface area contributed by atoms with Crippen LogP contribution in [0.4, 0.5) is 0 Å². The van der Waals surface area contributed by atoms with Gasteiger partial charge in [-0.15, -0.1) is 22.7 Å². The van der Waals surface area contributed by atoms with Gasteiger partial charge in [0.2, 0.25) is 0 Å². The lowest BCUT2D eigenvalue weighted by atomic mass is 10.3. The van der Waals surface area contributed by atoms with Crippen molar-refractivity contribution in [3.63, 3.8) is 0 Å². The van der Waals surface area contributed by atoms with E-state index in [0.29, 0.717) is 11.4 Å². The average Bonchev–Trinajstić information content (AvgIpc) is 3.10. The molecule has 0 saturated heterocycles. The van der Waals surface area contributed by atoms with Crippen molar-refractivity contribution in [2.24, 2.45) is 0 Å². The zero-order valence-corrected chi connectivity index (χ0v) is 12.4. The van der Waals surface area contributed by atoms with E-state index in [1.165, 1.54) is 16.9 Å². The van der Waals surface area contributed by atoms with Crippen LogP contribution in [-0.4, -0.2) is 20.6 Å². The van der Waals surface area contributed by atoms with E-state index in [2.05, 4.69) is 27.9 Å². The first-order valence-corrected chi connectivity index (χ1v) is 7.72. The minimum absolute atomic E-state index is 0.369. The Morgan fingerprint density at radius 2 is 2.25 bits per heavy atom. The summed E-state index contributed by atoms with van der Waals surface area (Å²) >= 11 is 2.97. The number of hydrogen-bond acceptors (Lipinski definition) is 4. The lowest BCUT2D eigenvalue weighted by Crippen LogP contribution is -1.99. The maximum Gasteiger partial charge on any atom is 0.345 e. The van der Waals surface area contributed by atoms with Gasteiger partial charge in [0.25, 0.3) is 0 Å². The smallest absolute Gasteiger partial charge is 0.345 e. The Hall–Kier alpha value is -1.92. The summed E-state index contributed by atoms with van der Waals surface area (Å²) in [4.78, 5) is 17.9. The van der Waals surface area contributed by atoms with Crippen molar-refractivity contribution in [2.75, 3.05) is 0 Å². The predicted molar refractivity (Wildman–Crippen MR) is 80.7 cm³/mol. The SMILES string of the molecule is Cc1ccsc1-c1nccn1Cc1ccc(C(=O)O)s1. The van der Waals surface area contributed by atoms with Crippen molar-refractivity contribution in [3.8, 4) is 10.7 Å². The Morgan fingerprint density at radius 1 is 1.40 bits per heavy atom. The molecule has 3 aromatic heterocycles. The number of thiophene rings is 2. The van der Waals surface area contributed by atoms with E-state index in [4.69, 9.17) is 5.11 Å². The van der Waals surface area contributed by atoms with Gasteiger partial charge in [-0.05, 0) is 36.1 Å². The first-order chi connectivity index (χ1) is 9.65. The van der Waals surface area contributed by atoms with Crippen LogP contribution in [0.25, 0.3) is 10.7 Å². The lowest BCUT2D eigenvalue weighted by Gasteiger charge is -2.05. The van der Waals surface area contributed by atoms with E-state index in [1.807, 2.05) is 12.3 Å². The molecule has 0 radical (unpaired) electrons. The molecule has 0 atom stereocenters. The van der Waals surface area contributed by atoms with Crippen molar-refractivity contribution in [3.05, 3.63) is 51.3 Å². The van der Waals surface area contributed by atoms with E-state index in [1.54, 1.807) is 23.6 Å². The molecular weight excluding hydrogens is 292 g/mol. The fourth-order valence-electron chi connectivity index (χ4n) is 1.99. The number of hydrogen-bond donors (Lipinski definition) is 1. The maximum absolute atomic E-state index is 10.9. The molecule has 0 aliphatic heterocycles. The summed E-state index contributed by atoms with van der Waals surface area (Å²) in [7, 11) is 0. The fraction of sp³-hybridized carbons (Fsp3) is 0.143. The molecule has 0 amide bonds. The molecular formula is C14H12N2O2S2. The molecule has 0 aliphatic carbocycles. The molecule has 0 saturated carbocycles. The normalized spacial score (nSPS) is 10.8. The Bertz CT molecular complexity index is 755. The predicted octanol–water partition coefficient (Wildman–Crippen LogP) is 3.73. The molecule has 3 rings (SSSR count). The number of rotatable bonds is 4. The van der Waals surface area contributed by atoms with Gasteiger partial charge in [-0.3, -0.25) is 0 Å². The molecule has 20 heavy (non-hydrogen) atoms. The highest BCUT2D eigenvalue weighted by molar-refractivity contribution is 7.14. The van der Waals surface area contributed by atoms with E-state index in [-0.39, 0.29) is 0 Å². The quantitative estimate of drug-likeness (QED) is 0.799. The third-order valence-electron chi connectivity index (χ3n) is 2.98. The molecule has 0 unspecified atom stereocenters. The number of aromatic nitrogens is 2. The van der Waals surface area contributed by atoms with Crippen LogP contribution in [0.5, 0.6) is 0 Å². The molecule has 4 nitrogen and oxygen atoms in total. The van der Waals surface area contributed by atoms with Gasteiger partial charge >= 0.3 is 5.97 Å². The van der Waals surface area contributed by atoms with Crippen molar-refractivity contribution < 1.29 is 9.90 Å². The highest BCUT2D eigenvalue weighted by Gasteiger charge is 2.12. The van der Waals surface area contributed by atoms with Crippen LogP contribution in [0.3, 0.4) is 0 Å². The number of imidazole rings is 1. The number of aryl methyl sites for hydroxylation is 1. The highest BCUT2D eigenvalue weighted by Crippen LogP contribution is 2.28. The average molecular weight is 304 g/mol. The third-order valence-corrected chi connectivity index (χ3v) is 5.05. The summed E-state index contributed by atoms with van der Waals surface area (Å²) in [5, 5.41) is 11.0. The molecule has 0 spiro atoms. The monoisotopic (exact) mass is 304 g/mol. The Morgan fingerprint density at radius 3 is 2.90 bits per heavy atom. The summed E-state index contributed by atoms with van der Waals surface area (Å²) in [6.07, 6.45) is 3.70. The molecule has 0 bridgehead atoms. The van der Waals surface area contributed by atoms with Crippen LogP contribution in [0.2, 0.25) is 0 Å². The van der Waals surface area contributed by atoms with Crippen molar-refractivity contribution in [2.45, 2.75) is 13.5 Å². The zero-order chi connectivity index (χ0) is 14.1. The van der Waals surface area contributed by atoms with Crippen molar-refractivity contribution in [1.29, 1.82) is 0 Å². The minimum atomic E-state index is -0.874. The molecule has 3 heterocycles. The summed E-state index contributed by atoms with van der Waals surface area (Å²) in [5.41, 5.74) is 1.21. The van der Waals surface area contributed by atoms with Gasteiger partial charge in [0, 0.05) is 17.3 Å². The van der Waals surface area contributed by atoms with Gasteiger partial charge < -0.3 is 9.67 Å². The van der Waals surface area contributed by atoms with Gasteiger partial charge in [0.1, 0.15) is 4.88 Å². The van der Waals surface area contributed by atoms with E-state index in [0.717, 1.165) is 15.6 Å². The lowest BCUT2D eigenvalue weighted by molar-refractivity contribution is 0.0702. The van der Waals surface area contributed by atoms with Crippen LogP contribution >= 0.6 is 22.7 Å². The molecule has 0 aliphatic rings. The van der Waals surface area contributed by atoms with Crippen LogP contribution in [-0.2, 0) is 6.54 Å². The number of carboxylic acids is 1. The van der Waals surface area contributed by atoms with E-state index in [9.17, 15) is 4.79 Å². The molecule has 102 valence electrons. The summed E-state index contributed by atoms with van der Waals surface area (Å²) in [5.74, 6) is 0.0592. The molecule has 0 aromatic carbocycles. The molecule has 0 fully saturated rings. The summed E-state index contributed by atoms with van der Waals surface area (Å²) in [6, 6.07) is 5.58. The van der Waals surface area contributed by atoms with E-state index < -0.39 is 5.97 Å². The largest absolute Gasteiger partial charge is 0.477 e. The van der Waals surface area contributed by atoms with Gasteiger partial charge in [-0.25, -0.2) is 9.78 Å². The van der Waals surface area contributed by atoms with Gasteiger partial charge in [-0.1, -0.05) is 0 Å². The second-order valence-corrected chi connectivity index (χ2v) is 6.47. The second-order valence-electron chi connectivity index (χ2n) is 4.38.